The summed E-state index contributed by atoms with van der Waals surface area (Å²) in [5, 5.41) is 0. The predicted molar refractivity (Wildman–Crippen MR) is 72.7 cm³/mol. The highest BCUT2D eigenvalue weighted by molar-refractivity contribution is 7.89. The Bertz CT molecular complexity index is 674. The number of nitrogens with zero attached hydrogens (tertiary/aromatic N) is 1. The molecule has 8 nitrogen and oxygen atoms in total. The van der Waals surface area contributed by atoms with E-state index in [0.29, 0.717) is 4.31 Å². The fraction of sp³-hybridized carbons (Fsp3) is 0.273. The van der Waals surface area contributed by atoms with E-state index >= 15 is 0 Å². The van der Waals surface area contributed by atoms with E-state index < -0.39 is 40.7 Å². The summed E-state index contributed by atoms with van der Waals surface area (Å²) in [4.78, 5) is 21.6. The molecule has 0 radical (unpaired) electrons. The van der Waals surface area contributed by atoms with Gasteiger partial charge >= 0.3 is 0 Å². The van der Waals surface area contributed by atoms with E-state index in [-0.39, 0.29) is 16.1 Å². The number of primary amides is 2. The van der Waals surface area contributed by atoms with Crippen LogP contribution in [0.2, 0.25) is 0 Å². The zero-order valence-corrected chi connectivity index (χ0v) is 12.0. The number of amides is 2. The molecule has 0 aliphatic carbocycles. The number of carbonyl (C=O) groups is 2. The van der Waals surface area contributed by atoms with Gasteiger partial charge in [-0.15, -0.1) is 0 Å². The van der Waals surface area contributed by atoms with Crippen LogP contribution in [-0.4, -0.2) is 37.6 Å². The minimum atomic E-state index is -4.28. The summed E-state index contributed by atoms with van der Waals surface area (Å²) in [6.45, 7) is -0.119. The number of nitrogen functional groups attached to an aromatic ring is 1. The van der Waals surface area contributed by atoms with Crippen molar-refractivity contribution < 1.29 is 22.4 Å². The maximum atomic E-state index is 13.3. The van der Waals surface area contributed by atoms with Gasteiger partial charge in [-0.3, -0.25) is 9.59 Å². The Morgan fingerprint density at radius 3 is 2.10 bits per heavy atom. The van der Waals surface area contributed by atoms with Gasteiger partial charge in [0.1, 0.15) is 5.82 Å². The fourth-order valence-corrected chi connectivity index (χ4v) is 3.27. The van der Waals surface area contributed by atoms with Crippen LogP contribution in [0.4, 0.5) is 10.1 Å². The quantitative estimate of drug-likeness (QED) is 0.556. The fourth-order valence-electron chi connectivity index (χ4n) is 1.66. The lowest BCUT2D eigenvalue weighted by atomic mass is 10.2. The van der Waals surface area contributed by atoms with Gasteiger partial charge in [-0.25, -0.2) is 12.8 Å². The third-order valence-corrected chi connectivity index (χ3v) is 4.51. The molecule has 0 aromatic heterocycles. The maximum Gasteiger partial charge on any atom is 0.244 e. The number of halogens is 1. The second kappa shape index (κ2) is 6.06. The number of aryl methyl sites for hydroxylation is 1. The van der Waals surface area contributed by atoms with Crippen LogP contribution in [0, 0.1) is 12.7 Å². The van der Waals surface area contributed by atoms with E-state index in [1.54, 1.807) is 0 Å². The van der Waals surface area contributed by atoms with Crippen LogP contribution in [0.3, 0.4) is 0 Å². The predicted octanol–water partition coefficient (Wildman–Crippen LogP) is -1.32. The van der Waals surface area contributed by atoms with E-state index in [0.717, 1.165) is 12.1 Å². The molecule has 0 unspecified atom stereocenters. The summed E-state index contributed by atoms with van der Waals surface area (Å²) in [5.41, 5.74) is 14.9. The Labute approximate surface area is 120 Å². The molecule has 0 saturated heterocycles. The summed E-state index contributed by atoms with van der Waals surface area (Å²) in [7, 11) is -4.28. The molecule has 6 N–H and O–H groups in total. The Morgan fingerprint density at radius 1 is 1.19 bits per heavy atom. The number of hydrogen-bond acceptors (Lipinski definition) is 5. The van der Waals surface area contributed by atoms with Crippen LogP contribution in [0.5, 0.6) is 0 Å². The molecule has 21 heavy (non-hydrogen) atoms. The van der Waals surface area contributed by atoms with Gasteiger partial charge in [0, 0.05) is 0 Å². The molecule has 0 bridgehead atoms. The number of benzene rings is 1. The lowest BCUT2D eigenvalue weighted by Gasteiger charge is -2.20. The van der Waals surface area contributed by atoms with Gasteiger partial charge in [0.25, 0.3) is 0 Å². The normalized spacial score (nSPS) is 11.6. The van der Waals surface area contributed by atoms with Crippen molar-refractivity contribution in [3.05, 3.63) is 23.5 Å². The summed E-state index contributed by atoms with van der Waals surface area (Å²) in [5.74, 6) is -2.71. The number of nitrogens with two attached hydrogens (primary N) is 3. The molecule has 2 amide bonds. The van der Waals surface area contributed by atoms with E-state index in [1.165, 1.54) is 6.92 Å². The Kier molecular flexibility index (Phi) is 4.86. The van der Waals surface area contributed by atoms with Gasteiger partial charge in [-0.2, -0.15) is 4.31 Å². The van der Waals surface area contributed by atoms with Gasteiger partial charge in [-0.1, -0.05) is 0 Å². The number of carbonyl (C=O) groups excluding carboxylic acids is 2. The zero-order chi connectivity index (χ0) is 16.4. The van der Waals surface area contributed by atoms with Crippen molar-refractivity contribution in [3.63, 3.8) is 0 Å². The lowest BCUT2D eigenvalue weighted by molar-refractivity contribution is -0.120. The average Bonchev–Trinajstić information content (AvgIpc) is 2.31. The summed E-state index contributed by atoms with van der Waals surface area (Å²) < 4.78 is 38.6. The molecule has 0 aliphatic rings. The average molecular weight is 318 g/mol. The molecule has 1 aromatic carbocycles. The van der Waals surface area contributed by atoms with Crippen molar-refractivity contribution in [2.24, 2.45) is 11.5 Å². The van der Waals surface area contributed by atoms with Crippen molar-refractivity contribution in [2.75, 3.05) is 18.8 Å². The zero-order valence-electron chi connectivity index (χ0n) is 11.2. The Morgan fingerprint density at radius 2 is 1.67 bits per heavy atom. The largest absolute Gasteiger partial charge is 0.396 e. The minimum Gasteiger partial charge on any atom is -0.396 e. The van der Waals surface area contributed by atoms with E-state index in [1.807, 2.05) is 0 Å². The highest BCUT2D eigenvalue weighted by Gasteiger charge is 2.29. The van der Waals surface area contributed by atoms with Crippen LogP contribution < -0.4 is 17.2 Å². The molecule has 116 valence electrons. The topological polar surface area (TPSA) is 150 Å². The SMILES string of the molecule is Cc1cc(F)c(N)cc1S(=O)(=O)N(CC(N)=O)CC(N)=O. The highest BCUT2D eigenvalue weighted by Crippen LogP contribution is 2.24. The molecule has 10 heteroatoms. The van der Waals surface area contributed by atoms with Crippen LogP contribution in [0.15, 0.2) is 17.0 Å². The molecule has 0 spiro atoms. The summed E-state index contributed by atoms with van der Waals surface area (Å²) in [6, 6.07) is 1.85. The Balaban J connectivity index is 3.38. The van der Waals surface area contributed by atoms with Crippen LogP contribution >= 0.6 is 0 Å². The van der Waals surface area contributed by atoms with Gasteiger partial charge in [0.05, 0.1) is 23.7 Å². The second-order valence-corrected chi connectivity index (χ2v) is 6.25. The first-order chi connectivity index (χ1) is 9.55. The van der Waals surface area contributed by atoms with Crippen LogP contribution in [0.1, 0.15) is 5.56 Å². The number of hydrogen-bond donors (Lipinski definition) is 3. The third kappa shape index (κ3) is 3.89. The minimum absolute atomic E-state index is 0.0700. The van der Waals surface area contributed by atoms with Crippen molar-refractivity contribution in [3.8, 4) is 0 Å². The van der Waals surface area contributed by atoms with E-state index in [4.69, 9.17) is 17.2 Å². The Hall–Kier alpha value is -2.20. The monoisotopic (exact) mass is 318 g/mol. The maximum absolute atomic E-state index is 13.3. The molecule has 0 aliphatic heterocycles. The van der Waals surface area contributed by atoms with Gasteiger partial charge in [-0.05, 0) is 24.6 Å². The molecular formula is C11H15FN4O4S. The summed E-state index contributed by atoms with van der Waals surface area (Å²) >= 11 is 0. The van der Waals surface area contributed by atoms with Gasteiger partial charge in [0.15, 0.2) is 0 Å². The summed E-state index contributed by atoms with van der Waals surface area (Å²) in [6.07, 6.45) is 0. The molecule has 1 aromatic rings. The first-order valence-corrected chi connectivity index (χ1v) is 7.12. The standard InChI is InChI=1S/C11H15FN4O4S/c1-6-2-7(12)8(13)3-9(6)21(19,20)16(4-10(14)17)5-11(15)18/h2-3H,4-5,13H2,1H3,(H2,14,17)(H2,15,18). The molecular weight excluding hydrogens is 303 g/mol. The van der Waals surface area contributed by atoms with Crippen molar-refractivity contribution in [1.82, 2.24) is 4.31 Å². The molecule has 0 saturated carbocycles. The molecule has 1 rings (SSSR count). The first-order valence-electron chi connectivity index (χ1n) is 5.68. The van der Waals surface area contributed by atoms with Crippen LogP contribution in [-0.2, 0) is 19.6 Å². The van der Waals surface area contributed by atoms with E-state index in [9.17, 15) is 22.4 Å². The third-order valence-electron chi connectivity index (χ3n) is 2.58. The second-order valence-electron chi connectivity index (χ2n) is 4.34. The number of rotatable bonds is 6. The molecule has 0 fully saturated rings. The van der Waals surface area contributed by atoms with Crippen molar-refractivity contribution in [2.45, 2.75) is 11.8 Å². The van der Waals surface area contributed by atoms with Gasteiger partial charge in [0.2, 0.25) is 21.8 Å². The van der Waals surface area contributed by atoms with Crippen LogP contribution in [0.25, 0.3) is 0 Å². The molecule has 0 atom stereocenters. The molecule has 0 heterocycles. The first kappa shape index (κ1) is 16.9. The van der Waals surface area contributed by atoms with Crippen molar-refractivity contribution in [1.29, 1.82) is 0 Å². The number of sulfonamides is 1. The van der Waals surface area contributed by atoms with Gasteiger partial charge < -0.3 is 17.2 Å². The lowest BCUT2D eigenvalue weighted by Crippen LogP contribution is -2.43. The van der Waals surface area contributed by atoms with E-state index in [2.05, 4.69) is 0 Å². The smallest absolute Gasteiger partial charge is 0.244 e. The van der Waals surface area contributed by atoms with Crippen molar-refractivity contribution >= 4 is 27.5 Å². The number of anilines is 1. The highest BCUT2D eigenvalue weighted by atomic mass is 32.2.